The highest BCUT2D eigenvalue weighted by Crippen LogP contribution is 2.18. The summed E-state index contributed by atoms with van der Waals surface area (Å²) in [6, 6.07) is 17.1. The van der Waals surface area contributed by atoms with E-state index < -0.39 is 0 Å². The second kappa shape index (κ2) is 8.58. The van der Waals surface area contributed by atoms with Crippen LogP contribution in [-0.2, 0) is 0 Å². The Labute approximate surface area is 160 Å². The predicted octanol–water partition coefficient (Wildman–Crippen LogP) is 3.18. The number of amides is 3. The number of nitrogens with one attached hydrogen (secondary N) is 2. The van der Waals surface area contributed by atoms with Gasteiger partial charge in [0.15, 0.2) is 0 Å². The zero-order valence-electron chi connectivity index (χ0n) is 15.8. The van der Waals surface area contributed by atoms with E-state index in [4.69, 9.17) is 0 Å². The summed E-state index contributed by atoms with van der Waals surface area (Å²) in [6.45, 7) is 6.77. The summed E-state index contributed by atoms with van der Waals surface area (Å²) >= 11 is 0. The lowest BCUT2D eigenvalue weighted by atomic mass is 10.1. The first kappa shape index (κ1) is 18.8. The van der Waals surface area contributed by atoms with Crippen molar-refractivity contribution in [3.63, 3.8) is 0 Å². The number of benzene rings is 2. The zero-order valence-corrected chi connectivity index (χ0v) is 15.8. The second-order valence-corrected chi connectivity index (χ2v) is 6.95. The van der Waals surface area contributed by atoms with Crippen molar-refractivity contribution in [2.24, 2.45) is 0 Å². The third-order valence-corrected chi connectivity index (χ3v) is 4.48. The van der Waals surface area contributed by atoms with Gasteiger partial charge in [-0.2, -0.15) is 0 Å². The zero-order chi connectivity index (χ0) is 19.2. The van der Waals surface area contributed by atoms with Gasteiger partial charge in [0, 0.05) is 49.2 Å². The predicted molar refractivity (Wildman–Crippen MR) is 108 cm³/mol. The average molecular weight is 366 g/mol. The lowest BCUT2D eigenvalue weighted by molar-refractivity contribution is 0.0747. The third-order valence-electron chi connectivity index (χ3n) is 4.48. The van der Waals surface area contributed by atoms with Crippen LogP contribution in [0.25, 0.3) is 0 Å². The molecule has 0 atom stereocenters. The smallest absolute Gasteiger partial charge is 0.319 e. The van der Waals surface area contributed by atoms with Crippen molar-refractivity contribution in [3.05, 3.63) is 60.2 Å². The molecule has 6 heteroatoms. The third kappa shape index (κ3) is 5.00. The summed E-state index contributed by atoms with van der Waals surface area (Å²) in [5.74, 6) is -0.00405. The Kier molecular flexibility index (Phi) is 5.96. The van der Waals surface area contributed by atoms with Crippen LogP contribution in [0.4, 0.5) is 16.2 Å². The molecule has 0 saturated carbocycles. The lowest BCUT2D eigenvalue weighted by Crippen LogP contribution is -2.48. The SMILES string of the molecule is CC(C)NC(=O)Nc1cccc(C(=O)N2CCN(c3ccccc3)CC2)c1. The van der Waals surface area contributed by atoms with Crippen LogP contribution in [0.2, 0.25) is 0 Å². The molecule has 1 saturated heterocycles. The quantitative estimate of drug-likeness (QED) is 0.873. The highest BCUT2D eigenvalue weighted by Gasteiger charge is 2.22. The minimum Gasteiger partial charge on any atom is -0.368 e. The van der Waals surface area contributed by atoms with E-state index in [1.54, 1.807) is 24.3 Å². The average Bonchev–Trinajstić information content (AvgIpc) is 2.68. The van der Waals surface area contributed by atoms with Gasteiger partial charge in [0.1, 0.15) is 0 Å². The Hall–Kier alpha value is -3.02. The van der Waals surface area contributed by atoms with Gasteiger partial charge in [0.25, 0.3) is 5.91 Å². The van der Waals surface area contributed by atoms with Crippen LogP contribution in [0, 0.1) is 0 Å². The van der Waals surface area contributed by atoms with Crippen LogP contribution in [0.5, 0.6) is 0 Å². The van der Waals surface area contributed by atoms with Gasteiger partial charge in [0.2, 0.25) is 0 Å². The molecule has 142 valence electrons. The van der Waals surface area contributed by atoms with Crippen molar-refractivity contribution in [2.45, 2.75) is 19.9 Å². The minimum atomic E-state index is -0.272. The molecule has 0 radical (unpaired) electrons. The van der Waals surface area contributed by atoms with Gasteiger partial charge in [-0.3, -0.25) is 4.79 Å². The summed E-state index contributed by atoms with van der Waals surface area (Å²) in [7, 11) is 0. The molecular weight excluding hydrogens is 340 g/mol. The molecule has 3 rings (SSSR count). The highest BCUT2D eigenvalue weighted by molar-refractivity contribution is 5.97. The Bertz CT molecular complexity index is 784. The number of para-hydroxylation sites is 1. The maximum absolute atomic E-state index is 12.8. The first-order valence-corrected chi connectivity index (χ1v) is 9.30. The van der Waals surface area contributed by atoms with Crippen LogP contribution in [-0.4, -0.2) is 49.1 Å². The fourth-order valence-corrected chi connectivity index (χ4v) is 3.15. The van der Waals surface area contributed by atoms with Gasteiger partial charge in [-0.25, -0.2) is 4.79 Å². The number of urea groups is 1. The highest BCUT2D eigenvalue weighted by atomic mass is 16.2. The first-order valence-electron chi connectivity index (χ1n) is 9.30. The topological polar surface area (TPSA) is 64.7 Å². The van der Waals surface area contributed by atoms with Crippen molar-refractivity contribution in [1.29, 1.82) is 0 Å². The number of carbonyl (C=O) groups excluding carboxylic acids is 2. The van der Waals surface area contributed by atoms with E-state index in [9.17, 15) is 9.59 Å². The van der Waals surface area contributed by atoms with Crippen LogP contribution in [0.3, 0.4) is 0 Å². The number of carbonyl (C=O) groups is 2. The summed E-state index contributed by atoms with van der Waals surface area (Å²) in [5, 5.41) is 5.54. The summed E-state index contributed by atoms with van der Waals surface area (Å²) in [5.41, 5.74) is 2.39. The fourth-order valence-electron chi connectivity index (χ4n) is 3.15. The normalized spacial score (nSPS) is 14.2. The standard InChI is InChI=1S/C21H26N4O2/c1-16(2)22-21(27)23-18-8-6-7-17(15-18)20(26)25-13-11-24(12-14-25)19-9-4-3-5-10-19/h3-10,15-16H,11-14H2,1-2H3,(H2,22,23,27). The monoisotopic (exact) mass is 366 g/mol. The van der Waals surface area contributed by atoms with Gasteiger partial charge in [0.05, 0.1) is 0 Å². The molecule has 0 aliphatic carbocycles. The van der Waals surface area contributed by atoms with E-state index in [1.807, 2.05) is 36.9 Å². The number of nitrogens with zero attached hydrogens (tertiary/aromatic N) is 2. The molecule has 1 aliphatic heterocycles. The summed E-state index contributed by atoms with van der Waals surface area (Å²) in [4.78, 5) is 28.8. The molecule has 0 bridgehead atoms. The van der Waals surface area contributed by atoms with E-state index >= 15 is 0 Å². The Morgan fingerprint density at radius 1 is 0.926 bits per heavy atom. The molecule has 1 fully saturated rings. The van der Waals surface area contributed by atoms with Crippen LogP contribution < -0.4 is 15.5 Å². The van der Waals surface area contributed by atoms with E-state index in [0.717, 1.165) is 13.1 Å². The van der Waals surface area contributed by atoms with E-state index in [2.05, 4.69) is 27.7 Å². The number of rotatable bonds is 4. The summed E-state index contributed by atoms with van der Waals surface area (Å²) < 4.78 is 0. The largest absolute Gasteiger partial charge is 0.368 e. The molecule has 2 aromatic carbocycles. The minimum absolute atomic E-state index is 0.00405. The number of hydrogen-bond donors (Lipinski definition) is 2. The van der Waals surface area contributed by atoms with Crippen molar-refractivity contribution in [3.8, 4) is 0 Å². The summed E-state index contributed by atoms with van der Waals surface area (Å²) in [6.07, 6.45) is 0. The van der Waals surface area contributed by atoms with E-state index in [-0.39, 0.29) is 18.0 Å². The van der Waals surface area contributed by atoms with Crippen LogP contribution in [0.15, 0.2) is 54.6 Å². The molecule has 0 unspecified atom stereocenters. The maximum atomic E-state index is 12.8. The van der Waals surface area contributed by atoms with Crippen LogP contribution in [0.1, 0.15) is 24.2 Å². The van der Waals surface area contributed by atoms with Crippen molar-refractivity contribution < 1.29 is 9.59 Å². The molecular formula is C21H26N4O2. The molecule has 0 aromatic heterocycles. The Morgan fingerprint density at radius 3 is 2.30 bits per heavy atom. The molecule has 27 heavy (non-hydrogen) atoms. The fraction of sp³-hybridized carbons (Fsp3) is 0.333. The van der Waals surface area contributed by atoms with Gasteiger partial charge < -0.3 is 20.4 Å². The van der Waals surface area contributed by atoms with Crippen molar-refractivity contribution in [2.75, 3.05) is 36.4 Å². The number of piperazine rings is 1. The maximum Gasteiger partial charge on any atom is 0.319 e. The molecule has 0 spiro atoms. The van der Waals surface area contributed by atoms with Gasteiger partial charge in [-0.15, -0.1) is 0 Å². The van der Waals surface area contributed by atoms with E-state index in [0.29, 0.717) is 24.3 Å². The molecule has 1 aliphatic rings. The molecule has 3 amide bonds. The molecule has 1 heterocycles. The molecule has 2 N–H and O–H groups in total. The molecule has 6 nitrogen and oxygen atoms in total. The second-order valence-electron chi connectivity index (χ2n) is 6.95. The number of hydrogen-bond acceptors (Lipinski definition) is 3. The van der Waals surface area contributed by atoms with Gasteiger partial charge in [-0.05, 0) is 44.2 Å². The van der Waals surface area contributed by atoms with Gasteiger partial charge >= 0.3 is 6.03 Å². The Morgan fingerprint density at radius 2 is 1.63 bits per heavy atom. The van der Waals surface area contributed by atoms with Gasteiger partial charge in [-0.1, -0.05) is 24.3 Å². The number of anilines is 2. The van der Waals surface area contributed by atoms with Crippen molar-refractivity contribution in [1.82, 2.24) is 10.2 Å². The van der Waals surface area contributed by atoms with Crippen LogP contribution >= 0.6 is 0 Å². The van der Waals surface area contributed by atoms with E-state index in [1.165, 1.54) is 5.69 Å². The Balaban J connectivity index is 1.60. The lowest BCUT2D eigenvalue weighted by Gasteiger charge is -2.36. The first-order chi connectivity index (χ1) is 13.0. The molecule has 2 aromatic rings. The van der Waals surface area contributed by atoms with Crippen molar-refractivity contribution >= 4 is 23.3 Å².